The summed E-state index contributed by atoms with van der Waals surface area (Å²) in [5.41, 5.74) is 2.47. The second-order valence-electron chi connectivity index (χ2n) is 9.33. The maximum absolute atomic E-state index is 13.3. The topological polar surface area (TPSA) is 118 Å². The number of aliphatic carboxylic acids is 1. The number of carboxylic acid groups (broad SMARTS) is 1. The minimum atomic E-state index is -1.53. The molecule has 9 heteroatoms. The number of aryl methyl sites for hydroxylation is 1. The van der Waals surface area contributed by atoms with Crippen LogP contribution in [0.5, 0.6) is 0 Å². The Bertz CT molecular complexity index is 1120. The third kappa shape index (κ3) is 6.59. The summed E-state index contributed by atoms with van der Waals surface area (Å²) in [6, 6.07) is 6.91. The molecule has 1 heterocycles. The number of alkyl halides is 1. The molecule has 0 aliphatic heterocycles. The molecular weight excluding hydrogens is 441 g/mol. The largest absolute Gasteiger partial charge is 0.481 e. The number of carbonyl (C=O) groups is 3. The smallest absolute Gasteiger partial charge is 0.305 e. The lowest BCUT2D eigenvalue weighted by Crippen LogP contribution is -2.47. The van der Waals surface area contributed by atoms with Crippen molar-refractivity contribution in [3.05, 3.63) is 63.1 Å². The first-order valence-electron chi connectivity index (χ1n) is 11.2. The Morgan fingerprint density at radius 2 is 1.82 bits per heavy atom. The van der Waals surface area contributed by atoms with Gasteiger partial charge in [-0.05, 0) is 36.0 Å². The highest BCUT2D eigenvalue weighted by Crippen LogP contribution is 2.27. The molecule has 0 radical (unpaired) electrons. The van der Waals surface area contributed by atoms with E-state index < -0.39 is 48.4 Å². The molecule has 34 heavy (non-hydrogen) atoms. The minimum Gasteiger partial charge on any atom is -0.481 e. The fourth-order valence-corrected chi connectivity index (χ4v) is 3.90. The number of amides is 1. The molecule has 0 fully saturated rings. The summed E-state index contributed by atoms with van der Waals surface area (Å²) in [6.07, 6.45) is -0.255. The molecule has 2 rings (SSSR count). The van der Waals surface area contributed by atoms with Crippen LogP contribution in [0.15, 0.2) is 35.1 Å². The van der Waals surface area contributed by atoms with Gasteiger partial charge in [0.1, 0.15) is 18.8 Å². The van der Waals surface area contributed by atoms with Crippen LogP contribution in [0.25, 0.3) is 0 Å². The molecule has 0 saturated carbocycles. The van der Waals surface area contributed by atoms with Gasteiger partial charge in [0.2, 0.25) is 5.91 Å². The van der Waals surface area contributed by atoms with Gasteiger partial charge in [0.05, 0.1) is 12.1 Å². The molecule has 0 spiro atoms. The van der Waals surface area contributed by atoms with Crippen molar-refractivity contribution in [2.45, 2.75) is 71.4 Å². The summed E-state index contributed by atoms with van der Waals surface area (Å²) in [4.78, 5) is 49.1. The molecule has 2 unspecified atom stereocenters. The van der Waals surface area contributed by atoms with Gasteiger partial charge in [-0.1, -0.05) is 52.0 Å². The molecule has 2 atom stereocenters. The number of aromatic nitrogens is 2. The normalized spacial score (nSPS) is 13.2. The summed E-state index contributed by atoms with van der Waals surface area (Å²) in [7, 11) is 0. The zero-order valence-corrected chi connectivity index (χ0v) is 20.2. The van der Waals surface area contributed by atoms with Crippen molar-refractivity contribution < 1.29 is 23.9 Å². The Morgan fingerprint density at radius 3 is 2.38 bits per heavy atom. The Morgan fingerprint density at radius 1 is 1.18 bits per heavy atom. The number of benzene rings is 1. The van der Waals surface area contributed by atoms with E-state index in [1.165, 1.54) is 0 Å². The van der Waals surface area contributed by atoms with Crippen LogP contribution in [-0.2, 0) is 26.2 Å². The number of hydrogen-bond acceptors (Lipinski definition) is 5. The van der Waals surface area contributed by atoms with Gasteiger partial charge in [-0.15, -0.1) is 0 Å². The Kier molecular flexibility index (Phi) is 8.84. The van der Waals surface area contributed by atoms with E-state index in [1.807, 2.05) is 24.3 Å². The number of nitrogens with one attached hydrogen (secondary N) is 1. The van der Waals surface area contributed by atoms with Crippen LogP contribution < -0.4 is 10.9 Å². The predicted octanol–water partition coefficient (Wildman–Crippen LogP) is 2.89. The first kappa shape index (κ1) is 26.9. The molecule has 8 nitrogen and oxygen atoms in total. The maximum Gasteiger partial charge on any atom is 0.305 e. The maximum atomic E-state index is 13.3. The van der Waals surface area contributed by atoms with Crippen LogP contribution in [0.3, 0.4) is 0 Å². The minimum absolute atomic E-state index is 0.133. The van der Waals surface area contributed by atoms with E-state index in [2.05, 4.69) is 31.2 Å². The fraction of sp³-hybridized carbons (Fsp3) is 0.480. The van der Waals surface area contributed by atoms with Crippen molar-refractivity contribution in [1.82, 2.24) is 15.1 Å². The van der Waals surface area contributed by atoms with E-state index in [-0.39, 0.29) is 11.8 Å². The van der Waals surface area contributed by atoms with Crippen molar-refractivity contribution in [2.24, 2.45) is 0 Å². The summed E-state index contributed by atoms with van der Waals surface area (Å²) in [5, 5.41) is 15.5. The monoisotopic (exact) mass is 473 g/mol. The van der Waals surface area contributed by atoms with Gasteiger partial charge in [-0.25, -0.2) is 9.07 Å². The molecule has 184 valence electrons. The average Bonchev–Trinajstić information content (AvgIpc) is 2.75. The van der Waals surface area contributed by atoms with Gasteiger partial charge in [-0.3, -0.25) is 19.2 Å². The second kappa shape index (κ2) is 11.2. The molecule has 0 bridgehead atoms. The number of hydrogen-bond donors (Lipinski definition) is 2. The lowest BCUT2D eigenvalue weighted by Gasteiger charge is -2.24. The van der Waals surface area contributed by atoms with Gasteiger partial charge in [0, 0.05) is 12.0 Å². The van der Waals surface area contributed by atoms with Gasteiger partial charge >= 0.3 is 5.97 Å². The highest BCUT2D eigenvalue weighted by atomic mass is 19.1. The van der Waals surface area contributed by atoms with E-state index in [0.29, 0.717) is 17.7 Å². The van der Waals surface area contributed by atoms with Crippen molar-refractivity contribution in [3.8, 4) is 0 Å². The van der Waals surface area contributed by atoms with E-state index in [0.717, 1.165) is 15.8 Å². The van der Waals surface area contributed by atoms with Gasteiger partial charge in [-0.2, -0.15) is 5.10 Å². The standard InChI is InChI=1S/C25H32FN3O5/c1-6-20(23(33)27-19(13-22(31)32)21(30)14-26)29-24(34)17(11-15(2)28-29)12-16-9-7-8-10-18(16)25(3,4)5/h7-11,19-20H,6,12-14H2,1-5H3,(H,27,33)(H,31,32). The number of ketones is 1. The summed E-state index contributed by atoms with van der Waals surface area (Å²) < 4.78 is 13.9. The Balaban J connectivity index is 2.44. The SMILES string of the molecule is CCC(C(=O)NC(CC(=O)O)C(=O)CF)n1nc(C)cc(Cc2ccccc2C(C)(C)C)c1=O. The number of nitrogens with zero attached hydrogens (tertiary/aromatic N) is 2. The number of carboxylic acids is 1. The lowest BCUT2D eigenvalue weighted by atomic mass is 9.82. The molecule has 2 N–H and O–H groups in total. The molecule has 0 saturated heterocycles. The first-order chi connectivity index (χ1) is 15.9. The van der Waals surface area contributed by atoms with E-state index in [4.69, 9.17) is 5.11 Å². The molecule has 1 amide bonds. The summed E-state index contributed by atoms with van der Waals surface area (Å²) in [5.74, 6) is -3.17. The van der Waals surface area contributed by atoms with Crippen LogP contribution >= 0.6 is 0 Å². The number of rotatable bonds is 10. The quantitative estimate of drug-likeness (QED) is 0.548. The van der Waals surface area contributed by atoms with Crippen molar-refractivity contribution >= 4 is 17.7 Å². The average molecular weight is 474 g/mol. The lowest BCUT2D eigenvalue weighted by molar-refractivity contribution is -0.140. The zero-order chi connectivity index (χ0) is 25.6. The van der Waals surface area contributed by atoms with E-state index >= 15 is 0 Å². The van der Waals surface area contributed by atoms with Crippen LogP contribution in [0.1, 0.15) is 69.0 Å². The van der Waals surface area contributed by atoms with Gasteiger partial charge in [0.25, 0.3) is 5.56 Å². The predicted molar refractivity (Wildman–Crippen MR) is 126 cm³/mol. The van der Waals surface area contributed by atoms with Crippen molar-refractivity contribution in [1.29, 1.82) is 0 Å². The van der Waals surface area contributed by atoms with Crippen LogP contribution in [-0.4, -0.2) is 45.3 Å². The number of Topliss-reactive ketones (excluding diaryl/α,β-unsaturated/α-hetero) is 1. The highest BCUT2D eigenvalue weighted by Gasteiger charge is 2.29. The molecular formula is C25H32FN3O5. The zero-order valence-electron chi connectivity index (χ0n) is 20.2. The first-order valence-corrected chi connectivity index (χ1v) is 11.2. The summed E-state index contributed by atoms with van der Waals surface area (Å²) >= 11 is 0. The Hall–Kier alpha value is -3.36. The molecule has 0 aliphatic carbocycles. The van der Waals surface area contributed by atoms with E-state index in [9.17, 15) is 23.6 Å². The van der Waals surface area contributed by atoms with Crippen molar-refractivity contribution in [3.63, 3.8) is 0 Å². The fourth-order valence-electron chi connectivity index (χ4n) is 3.90. The third-order valence-electron chi connectivity index (χ3n) is 5.54. The van der Waals surface area contributed by atoms with Gasteiger partial charge in [0.15, 0.2) is 5.78 Å². The number of carbonyl (C=O) groups excluding carboxylic acids is 2. The number of halogens is 1. The molecule has 0 aliphatic rings. The molecule has 2 aromatic rings. The van der Waals surface area contributed by atoms with Crippen LogP contribution in [0, 0.1) is 6.92 Å². The second-order valence-corrected chi connectivity index (χ2v) is 9.33. The van der Waals surface area contributed by atoms with Crippen LogP contribution in [0.2, 0.25) is 0 Å². The third-order valence-corrected chi connectivity index (χ3v) is 5.54. The summed E-state index contributed by atoms with van der Waals surface area (Å²) in [6.45, 7) is 8.23. The molecule has 1 aromatic heterocycles. The van der Waals surface area contributed by atoms with Gasteiger partial charge < -0.3 is 10.4 Å². The van der Waals surface area contributed by atoms with E-state index in [1.54, 1.807) is 19.9 Å². The van der Waals surface area contributed by atoms with Crippen molar-refractivity contribution in [2.75, 3.05) is 6.67 Å². The van der Waals surface area contributed by atoms with Crippen LogP contribution in [0.4, 0.5) is 4.39 Å². The highest BCUT2D eigenvalue weighted by molar-refractivity contribution is 5.93. The molecule has 1 aromatic carbocycles. The Labute approximate surface area is 198 Å².